The molecule has 3 rings (SSSR count). The molecule has 0 amide bonds. The van der Waals surface area contributed by atoms with Crippen molar-refractivity contribution < 1.29 is 0 Å². The average Bonchev–Trinajstić information content (AvgIpc) is 3.18. The van der Waals surface area contributed by atoms with Crippen LogP contribution in [0.2, 0.25) is 0 Å². The molecule has 4 heteroatoms. The SMILES string of the molecule is NCC#Cc1csc(CN2CCC(N3CCCC3)C2)c1. The zero-order valence-corrected chi connectivity index (χ0v) is 12.8. The van der Waals surface area contributed by atoms with Crippen LogP contribution in [0.25, 0.3) is 0 Å². The number of nitrogens with zero attached hydrogens (tertiary/aromatic N) is 2. The predicted octanol–water partition coefficient (Wildman–Crippen LogP) is 1.73. The molecule has 1 unspecified atom stereocenters. The van der Waals surface area contributed by atoms with Crippen molar-refractivity contribution in [1.82, 2.24) is 9.80 Å². The van der Waals surface area contributed by atoms with E-state index in [0.29, 0.717) is 6.54 Å². The first-order valence-electron chi connectivity index (χ1n) is 7.58. The summed E-state index contributed by atoms with van der Waals surface area (Å²) >= 11 is 1.82. The first-order valence-corrected chi connectivity index (χ1v) is 8.46. The summed E-state index contributed by atoms with van der Waals surface area (Å²) in [7, 11) is 0. The highest BCUT2D eigenvalue weighted by molar-refractivity contribution is 7.10. The smallest absolute Gasteiger partial charge is 0.0555 e. The Labute approximate surface area is 125 Å². The Balaban J connectivity index is 1.52. The van der Waals surface area contributed by atoms with Crippen LogP contribution in [0.5, 0.6) is 0 Å². The summed E-state index contributed by atoms with van der Waals surface area (Å²) in [5.41, 5.74) is 6.52. The van der Waals surface area contributed by atoms with E-state index in [9.17, 15) is 0 Å². The molecule has 1 atom stereocenters. The molecule has 0 saturated carbocycles. The maximum absolute atomic E-state index is 5.41. The van der Waals surface area contributed by atoms with Gasteiger partial charge < -0.3 is 5.73 Å². The summed E-state index contributed by atoms with van der Waals surface area (Å²) in [6, 6.07) is 3.02. The third-order valence-corrected chi connectivity index (χ3v) is 5.19. The highest BCUT2D eigenvalue weighted by Gasteiger charge is 2.29. The molecule has 2 fully saturated rings. The Bertz CT molecular complexity index is 493. The summed E-state index contributed by atoms with van der Waals surface area (Å²) in [5, 5.41) is 2.14. The van der Waals surface area contributed by atoms with Gasteiger partial charge in [0.25, 0.3) is 0 Å². The Kier molecular flexibility index (Phi) is 4.74. The maximum atomic E-state index is 5.41. The fraction of sp³-hybridized carbons (Fsp3) is 0.625. The summed E-state index contributed by atoms with van der Waals surface area (Å²) in [6.45, 7) is 6.63. The van der Waals surface area contributed by atoms with E-state index in [1.165, 1.54) is 50.3 Å². The van der Waals surface area contributed by atoms with Crippen molar-refractivity contribution >= 4 is 11.3 Å². The fourth-order valence-corrected chi connectivity index (χ4v) is 4.12. The second-order valence-electron chi connectivity index (χ2n) is 5.73. The molecule has 2 saturated heterocycles. The first-order chi connectivity index (χ1) is 9.85. The number of rotatable bonds is 3. The van der Waals surface area contributed by atoms with Crippen molar-refractivity contribution in [2.45, 2.75) is 31.8 Å². The molecule has 0 radical (unpaired) electrons. The minimum absolute atomic E-state index is 0.439. The van der Waals surface area contributed by atoms with E-state index < -0.39 is 0 Å². The van der Waals surface area contributed by atoms with Crippen LogP contribution in [0, 0.1) is 11.8 Å². The molecular weight excluding hydrogens is 266 g/mol. The molecule has 0 aliphatic carbocycles. The molecule has 0 bridgehead atoms. The van der Waals surface area contributed by atoms with Crippen LogP contribution in [0.3, 0.4) is 0 Å². The molecular formula is C16H23N3S. The van der Waals surface area contributed by atoms with Gasteiger partial charge in [0.05, 0.1) is 6.54 Å². The molecule has 3 heterocycles. The van der Waals surface area contributed by atoms with Crippen molar-refractivity contribution in [1.29, 1.82) is 0 Å². The summed E-state index contributed by atoms with van der Waals surface area (Å²) < 4.78 is 0. The van der Waals surface area contributed by atoms with Gasteiger partial charge in [-0.1, -0.05) is 11.8 Å². The first kappa shape index (κ1) is 14.1. The Hall–Kier alpha value is -0.860. The van der Waals surface area contributed by atoms with E-state index in [4.69, 9.17) is 5.73 Å². The van der Waals surface area contributed by atoms with Gasteiger partial charge in [-0.15, -0.1) is 11.3 Å². The second-order valence-corrected chi connectivity index (χ2v) is 6.72. The zero-order chi connectivity index (χ0) is 13.8. The van der Waals surface area contributed by atoms with E-state index in [1.807, 2.05) is 11.3 Å². The van der Waals surface area contributed by atoms with Crippen LogP contribution < -0.4 is 5.73 Å². The summed E-state index contributed by atoms with van der Waals surface area (Å²) in [5.74, 6) is 6.03. The lowest BCUT2D eigenvalue weighted by atomic mass is 10.2. The molecule has 0 spiro atoms. The van der Waals surface area contributed by atoms with E-state index in [1.54, 1.807) is 0 Å². The number of nitrogens with two attached hydrogens (primary N) is 1. The Morgan fingerprint density at radius 3 is 2.95 bits per heavy atom. The van der Waals surface area contributed by atoms with E-state index in [2.05, 4.69) is 33.1 Å². The van der Waals surface area contributed by atoms with Crippen LogP contribution in [-0.2, 0) is 6.54 Å². The van der Waals surface area contributed by atoms with Gasteiger partial charge in [-0.3, -0.25) is 9.80 Å². The predicted molar refractivity (Wildman–Crippen MR) is 84.7 cm³/mol. The van der Waals surface area contributed by atoms with Gasteiger partial charge in [0.15, 0.2) is 0 Å². The molecule has 3 nitrogen and oxygen atoms in total. The van der Waals surface area contributed by atoms with Crippen LogP contribution >= 0.6 is 11.3 Å². The lowest BCUT2D eigenvalue weighted by molar-refractivity contribution is 0.230. The standard InChI is InChI=1S/C16H23N3S/c17-6-3-4-14-10-16(20-13-14)12-18-9-5-15(11-18)19-7-1-2-8-19/h10,13,15H,1-2,5-9,11-12,17H2. The third-order valence-electron chi connectivity index (χ3n) is 4.27. The van der Waals surface area contributed by atoms with Gasteiger partial charge in [0.1, 0.15) is 0 Å². The monoisotopic (exact) mass is 289 g/mol. The van der Waals surface area contributed by atoms with Crippen molar-refractivity contribution in [3.63, 3.8) is 0 Å². The van der Waals surface area contributed by atoms with E-state index >= 15 is 0 Å². The molecule has 2 N–H and O–H groups in total. The lowest BCUT2D eigenvalue weighted by Crippen LogP contribution is -2.35. The van der Waals surface area contributed by atoms with Gasteiger partial charge in [0.2, 0.25) is 0 Å². The second kappa shape index (κ2) is 6.73. The van der Waals surface area contributed by atoms with Crippen molar-refractivity contribution in [2.75, 3.05) is 32.7 Å². The quantitative estimate of drug-likeness (QED) is 0.860. The van der Waals surface area contributed by atoms with Gasteiger partial charge in [-0.2, -0.15) is 0 Å². The molecule has 108 valence electrons. The Morgan fingerprint density at radius 2 is 2.15 bits per heavy atom. The van der Waals surface area contributed by atoms with Crippen LogP contribution in [0.1, 0.15) is 29.7 Å². The third kappa shape index (κ3) is 3.42. The number of thiophene rings is 1. The number of likely N-dealkylation sites (tertiary alicyclic amines) is 2. The number of hydrogen-bond donors (Lipinski definition) is 1. The van der Waals surface area contributed by atoms with Crippen molar-refractivity contribution in [3.05, 3.63) is 21.9 Å². The molecule has 2 aliphatic rings. The molecule has 2 aliphatic heterocycles. The normalized spacial score (nSPS) is 23.9. The van der Waals surface area contributed by atoms with E-state index in [0.717, 1.165) is 18.2 Å². The van der Waals surface area contributed by atoms with Gasteiger partial charge in [-0.05, 0) is 38.4 Å². The van der Waals surface area contributed by atoms with Gasteiger partial charge >= 0.3 is 0 Å². The highest BCUT2D eigenvalue weighted by atomic mass is 32.1. The van der Waals surface area contributed by atoms with E-state index in [-0.39, 0.29) is 0 Å². The maximum Gasteiger partial charge on any atom is 0.0555 e. The fourth-order valence-electron chi connectivity index (χ4n) is 3.26. The van der Waals surface area contributed by atoms with Gasteiger partial charge in [-0.25, -0.2) is 0 Å². The lowest BCUT2D eigenvalue weighted by Gasteiger charge is -2.23. The minimum atomic E-state index is 0.439. The van der Waals surface area contributed by atoms with Crippen molar-refractivity contribution in [2.24, 2.45) is 5.73 Å². The zero-order valence-electron chi connectivity index (χ0n) is 12.0. The molecule has 1 aromatic heterocycles. The Morgan fingerprint density at radius 1 is 1.30 bits per heavy atom. The van der Waals surface area contributed by atoms with Crippen LogP contribution in [-0.4, -0.2) is 48.6 Å². The van der Waals surface area contributed by atoms with Crippen LogP contribution in [0.4, 0.5) is 0 Å². The molecule has 0 aromatic carbocycles. The minimum Gasteiger partial charge on any atom is -0.320 e. The molecule has 20 heavy (non-hydrogen) atoms. The summed E-state index contributed by atoms with van der Waals surface area (Å²) in [4.78, 5) is 6.70. The molecule has 1 aromatic rings. The summed E-state index contributed by atoms with van der Waals surface area (Å²) in [6.07, 6.45) is 4.13. The number of hydrogen-bond acceptors (Lipinski definition) is 4. The van der Waals surface area contributed by atoms with Crippen molar-refractivity contribution in [3.8, 4) is 11.8 Å². The van der Waals surface area contributed by atoms with Gasteiger partial charge in [0, 0.05) is 41.5 Å². The van der Waals surface area contributed by atoms with Crippen LogP contribution in [0.15, 0.2) is 11.4 Å². The highest BCUT2D eigenvalue weighted by Crippen LogP contribution is 2.23. The average molecular weight is 289 g/mol. The topological polar surface area (TPSA) is 32.5 Å². The largest absolute Gasteiger partial charge is 0.320 e.